The van der Waals surface area contributed by atoms with Crippen molar-refractivity contribution in [2.24, 2.45) is 0 Å². The van der Waals surface area contributed by atoms with Crippen LogP contribution in [0.25, 0.3) is 0 Å². The number of carbonyl (C=O) groups excluding carboxylic acids is 1. The fraction of sp³-hybridized carbons (Fsp3) is 0.536. The van der Waals surface area contributed by atoms with Gasteiger partial charge in [-0.25, -0.2) is 0 Å². The van der Waals surface area contributed by atoms with E-state index in [0.717, 1.165) is 36.6 Å². The summed E-state index contributed by atoms with van der Waals surface area (Å²) in [7, 11) is 0. The van der Waals surface area contributed by atoms with E-state index in [9.17, 15) is 4.79 Å². The van der Waals surface area contributed by atoms with E-state index in [0.29, 0.717) is 26.1 Å². The third kappa shape index (κ3) is 6.36. The van der Waals surface area contributed by atoms with Gasteiger partial charge in [-0.05, 0) is 81.9 Å². The minimum Gasteiger partial charge on any atom is -0.494 e. The molecule has 0 atom stereocenters. The zero-order valence-corrected chi connectivity index (χ0v) is 20.0. The molecule has 2 aliphatic rings. The molecule has 0 spiro atoms. The molecule has 0 aromatic heterocycles. The highest BCUT2D eigenvalue weighted by atomic mass is 16.5. The molecule has 2 fully saturated rings. The normalized spacial score (nSPS) is 18.9. The van der Waals surface area contributed by atoms with Crippen molar-refractivity contribution < 1.29 is 14.3 Å². The van der Waals surface area contributed by atoms with Crippen molar-refractivity contribution in [1.82, 2.24) is 4.90 Å². The second-order valence-corrected chi connectivity index (χ2v) is 9.50. The number of hydrogen-bond donors (Lipinski definition) is 1. The second kappa shape index (κ2) is 11.7. The number of likely N-dealkylation sites (tertiary alicyclic amines) is 1. The summed E-state index contributed by atoms with van der Waals surface area (Å²) in [5.41, 5.74) is 2.52. The predicted octanol–water partition coefficient (Wildman–Crippen LogP) is 5.33. The summed E-state index contributed by atoms with van der Waals surface area (Å²) in [4.78, 5) is 16.0. The molecule has 0 saturated carbocycles. The molecule has 0 unspecified atom stereocenters. The van der Waals surface area contributed by atoms with Gasteiger partial charge >= 0.3 is 0 Å². The average Bonchev–Trinajstić information content (AvgIpc) is 3.12. The Hall–Kier alpha value is -2.37. The lowest BCUT2D eigenvalue weighted by Crippen LogP contribution is -2.44. The number of ether oxygens (including phenoxy) is 2. The van der Waals surface area contributed by atoms with Crippen LogP contribution in [0, 0.1) is 6.92 Å². The third-order valence-corrected chi connectivity index (χ3v) is 7.08. The molecule has 2 aromatic carbocycles. The van der Waals surface area contributed by atoms with E-state index in [2.05, 4.69) is 41.4 Å². The highest BCUT2D eigenvalue weighted by molar-refractivity contribution is 5.99. The van der Waals surface area contributed by atoms with Crippen LogP contribution in [0.15, 0.2) is 48.5 Å². The molecule has 2 saturated heterocycles. The zero-order chi connectivity index (χ0) is 22.9. The average molecular weight is 451 g/mol. The van der Waals surface area contributed by atoms with Crippen molar-refractivity contribution in [3.05, 3.63) is 59.7 Å². The maximum atomic E-state index is 13.4. The monoisotopic (exact) mass is 450 g/mol. The first-order valence-electron chi connectivity index (χ1n) is 12.6. The first-order valence-corrected chi connectivity index (χ1v) is 12.6. The van der Waals surface area contributed by atoms with Crippen LogP contribution in [-0.4, -0.2) is 50.3 Å². The van der Waals surface area contributed by atoms with Crippen molar-refractivity contribution in [1.29, 1.82) is 0 Å². The molecule has 33 heavy (non-hydrogen) atoms. The number of rotatable bonds is 8. The van der Waals surface area contributed by atoms with Crippen LogP contribution in [0.2, 0.25) is 0 Å². The minimum atomic E-state index is -0.547. The fourth-order valence-corrected chi connectivity index (χ4v) is 4.96. The summed E-state index contributed by atoms with van der Waals surface area (Å²) in [6, 6.07) is 16.1. The van der Waals surface area contributed by atoms with Crippen LogP contribution in [0.3, 0.4) is 0 Å². The van der Waals surface area contributed by atoms with Crippen LogP contribution in [0.1, 0.15) is 56.1 Å². The largest absolute Gasteiger partial charge is 0.494 e. The molecule has 2 aliphatic heterocycles. The Morgan fingerprint density at radius 1 is 0.970 bits per heavy atom. The van der Waals surface area contributed by atoms with Crippen molar-refractivity contribution >= 4 is 11.6 Å². The maximum absolute atomic E-state index is 13.4. The smallest absolute Gasteiger partial charge is 0.235 e. The Bertz CT molecular complexity index is 865. The molecule has 5 heteroatoms. The quantitative estimate of drug-likeness (QED) is 0.553. The molecule has 1 N–H and O–H groups in total. The van der Waals surface area contributed by atoms with Gasteiger partial charge in [-0.15, -0.1) is 0 Å². The maximum Gasteiger partial charge on any atom is 0.235 e. The number of anilines is 1. The van der Waals surface area contributed by atoms with E-state index in [1.54, 1.807) is 0 Å². The van der Waals surface area contributed by atoms with Crippen molar-refractivity contribution in [3.8, 4) is 5.75 Å². The Morgan fingerprint density at radius 3 is 2.30 bits per heavy atom. The summed E-state index contributed by atoms with van der Waals surface area (Å²) >= 11 is 0. The van der Waals surface area contributed by atoms with Gasteiger partial charge in [-0.3, -0.25) is 4.79 Å². The highest BCUT2D eigenvalue weighted by Crippen LogP contribution is 2.36. The molecule has 5 nitrogen and oxygen atoms in total. The molecule has 0 aliphatic carbocycles. The first-order chi connectivity index (χ1) is 16.2. The lowest BCUT2D eigenvalue weighted by molar-refractivity contribution is -0.125. The summed E-state index contributed by atoms with van der Waals surface area (Å²) in [5, 5.41) is 3.15. The summed E-state index contributed by atoms with van der Waals surface area (Å²) in [6.45, 7) is 7.56. The van der Waals surface area contributed by atoms with Gasteiger partial charge in [0.1, 0.15) is 5.75 Å². The molecule has 0 bridgehead atoms. The molecular weight excluding hydrogens is 412 g/mol. The Balaban J connectivity index is 1.30. The molecular formula is C28H38N2O3. The SMILES string of the molecule is Cc1ccc(C2(C(=O)Nc3ccc(OCCCN4CCCCCC4)cc3)CCOCC2)cc1. The Labute approximate surface area is 198 Å². The van der Waals surface area contributed by atoms with Crippen molar-refractivity contribution in [2.75, 3.05) is 44.8 Å². The van der Waals surface area contributed by atoms with Crippen molar-refractivity contribution in [2.45, 2.75) is 57.3 Å². The second-order valence-electron chi connectivity index (χ2n) is 9.50. The van der Waals surface area contributed by atoms with Gasteiger partial charge < -0.3 is 19.7 Å². The molecule has 0 radical (unpaired) electrons. The van der Waals surface area contributed by atoms with Crippen LogP contribution in [0.4, 0.5) is 5.69 Å². The van der Waals surface area contributed by atoms with E-state index < -0.39 is 5.41 Å². The predicted molar refractivity (Wildman–Crippen MR) is 133 cm³/mol. The molecule has 4 rings (SSSR count). The highest BCUT2D eigenvalue weighted by Gasteiger charge is 2.41. The topological polar surface area (TPSA) is 50.8 Å². The Kier molecular flexibility index (Phi) is 8.40. The fourth-order valence-electron chi connectivity index (χ4n) is 4.96. The first kappa shape index (κ1) is 23.8. The van der Waals surface area contributed by atoms with Gasteiger partial charge in [0.2, 0.25) is 5.91 Å². The third-order valence-electron chi connectivity index (χ3n) is 7.08. The molecule has 2 heterocycles. The van der Waals surface area contributed by atoms with E-state index in [-0.39, 0.29) is 5.91 Å². The number of carbonyl (C=O) groups is 1. The van der Waals surface area contributed by atoms with Gasteiger partial charge in [0.05, 0.1) is 12.0 Å². The lowest BCUT2D eigenvalue weighted by Gasteiger charge is -2.36. The van der Waals surface area contributed by atoms with Gasteiger partial charge in [-0.1, -0.05) is 42.7 Å². The van der Waals surface area contributed by atoms with E-state index in [1.807, 2.05) is 24.3 Å². The van der Waals surface area contributed by atoms with Crippen LogP contribution >= 0.6 is 0 Å². The van der Waals surface area contributed by atoms with E-state index in [1.165, 1.54) is 44.3 Å². The molecule has 178 valence electrons. The number of amides is 1. The molecule has 1 amide bonds. The summed E-state index contributed by atoms with van der Waals surface area (Å²) in [6.07, 6.45) is 7.82. The van der Waals surface area contributed by atoms with Gasteiger partial charge in [0, 0.05) is 25.4 Å². The Morgan fingerprint density at radius 2 is 1.64 bits per heavy atom. The van der Waals surface area contributed by atoms with Crippen molar-refractivity contribution in [3.63, 3.8) is 0 Å². The summed E-state index contributed by atoms with van der Waals surface area (Å²) < 4.78 is 11.5. The minimum absolute atomic E-state index is 0.0424. The van der Waals surface area contributed by atoms with Gasteiger partial charge in [0.25, 0.3) is 0 Å². The summed E-state index contributed by atoms with van der Waals surface area (Å²) in [5.74, 6) is 0.893. The standard InChI is InChI=1S/C28H38N2O3/c1-23-7-9-24(10-8-23)28(15-21-32-22-16-28)27(31)29-25-11-13-26(14-12-25)33-20-6-19-30-17-4-2-3-5-18-30/h7-14H,2-6,15-22H2,1H3,(H,29,31). The van der Waals surface area contributed by atoms with Gasteiger partial charge in [0.15, 0.2) is 0 Å². The van der Waals surface area contributed by atoms with E-state index >= 15 is 0 Å². The van der Waals surface area contributed by atoms with E-state index in [4.69, 9.17) is 9.47 Å². The number of nitrogens with zero attached hydrogens (tertiary/aromatic N) is 1. The van der Waals surface area contributed by atoms with Gasteiger partial charge in [-0.2, -0.15) is 0 Å². The van der Waals surface area contributed by atoms with Crippen LogP contribution < -0.4 is 10.1 Å². The lowest BCUT2D eigenvalue weighted by atomic mass is 9.73. The number of benzene rings is 2. The zero-order valence-electron chi connectivity index (χ0n) is 20.0. The van der Waals surface area contributed by atoms with Crippen LogP contribution in [-0.2, 0) is 14.9 Å². The number of hydrogen-bond acceptors (Lipinski definition) is 4. The number of nitrogens with one attached hydrogen (secondary N) is 1. The van der Waals surface area contributed by atoms with Crippen LogP contribution in [0.5, 0.6) is 5.75 Å². The molecule has 2 aromatic rings. The number of aryl methyl sites for hydroxylation is 1.